The van der Waals surface area contributed by atoms with E-state index < -0.39 is 5.91 Å². The Morgan fingerprint density at radius 1 is 0.897 bits per heavy atom. The molecule has 4 rings (SSSR count). The number of pyridine rings is 1. The molecule has 7 nitrogen and oxygen atoms in total. The van der Waals surface area contributed by atoms with Gasteiger partial charge in [0.2, 0.25) is 0 Å². The first-order valence-electron chi connectivity index (χ1n) is 10.8. The zero-order valence-electron chi connectivity index (χ0n) is 17.4. The normalized spacial score (nSPS) is 18.9. The van der Waals surface area contributed by atoms with Crippen LogP contribution in [0.15, 0.2) is 0 Å². The van der Waals surface area contributed by atoms with E-state index in [0.717, 1.165) is 43.6 Å². The number of rotatable bonds is 2. The lowest BCUT2D eigenvalue weighted by Gasteiger charge is -2.36. The minimum atomic E-state index is -0.392. The van der Waals surface area contributed by atoms with E-state index in [4.69, 9.17) is 4.98 Å². The van der Waals surface area contributed by atoms with Crippen molar-refractivity contribution in [1.82, 2.24) is 14.8 Å². The van der Waals surface area contributed by atoms with Crippen molar-refractivity contribution >= 4 is 17.6 Å². The summed E-state index contributed by atoms with van der Waals surface area (Å²) in [5.41, 5.74) is 4.25. The Hall–Kier alpha value is -2.62. The first-order chi connectivity index (χ1) is 14.0. The molecule has 0 bridgehead atoms. The Labute approximate surface area is 172 Å². The summed E-state index contributed by atoms with van der Waals surface area (Å²) in [6.07, 6.45) is 4.98. The predicted molar refractivity (Wildman–Crippen MR) is 110 cm³/mol. The Balaban J connectivity index is 1.51. The van der Waals surface area contributed by atoms with Gasteiger partial charge >= 0.3 is 11.8 Å². The largest absolute Gasteiger partial charge is 0.352 e. The summed E-state index contributed by atoms with van der Waals surface area (Å²) < 4.78 is 0. The van der Waals surface area contributed by atoms with E-state index in [2.05, 4.69) is 24.8 Å². The van der Waals surface area contributed by atoms with E-state index in [-0.39, 0.29) is 5.91 Å². The van der Waals surface area contributed by atoms with Crippen LogP contribution >= 0.6 is 0 Å². The monoisotopic (exact) mass is 395 g/mol. The van der Waals surface area contributed by atoms with Crippen molar-refractivity contribution in [2.24, 2.45) is 0 Å². The number of aromatic nitrogens is 1. The number of hydrogen-bond donors (Lipinski definition) is 0. The number of likely N-dealkylation sites (tertiary alicyclic amines) is 1. The van der Waals surface area contributed by atoms with E-state index >= 15 is 0 Å². The van der Waals surface area contributed by atoms with Crippen LogP contribution in [-0.4, -0.2) is 65.9 Å². The van der Waals surface area contributed by atoms with Gasteiger partial charge in [-0.05, 0) is 49.1 Å². The number of fused-ring (bicyclic) bond motifs is 1. The molecule has 2 fully saturated rings. The van der Waals surface area contributed by atoms with E-state index in [9.17, 15) is 14.9 Å². The second-order valence-electron chi connectivity index (χ2n) is 8.55. The third-order valence-electron chi connectivity index (χ3n) is 6.38. The molecule has 2 aliphatic heterocycles. The number of nitrogens with zero attached hydrogens (tertiary/aromatic N) is 5. The molecule has 3 aliphatic rings. The van der Waals surface area contributed by atoms with Gasteiger partial charge in [0.25, 0.3) is 0 Å². The smallest absolute Gasteiger partial charge is 0.312 e. The second-order valence-corrected chi connectivity index (χ2v) is 8.55. The van der Waals surface area contributed by atoms with Gasteiger partial charge in [0.1, 0.15) is 11.9 Å². The Bertz CT molecular complexity index is 859. The molecule has 0 N–H and O–H groups in total. The maximum absolute atomic E-state index is 12.6. The van der Waals surface area contributed by atoms with Crippen LogP contribution in [0.2, 0.25) is 0 Å². The van der Waals surface area contributed by atoms with E-state index in [1.807, 2.05) is 0 Å². The number of nitriles is 1. The molecule has 0 spiro atoms. The highest BCUT2D eigenvalue weighted by Gasteiger charge is 2.33. The molecule has 0 atom stereocenters. The van der Waals surface area contributed by atoms with Gasteiger partial charge in [-0.15, -0.1) is 0 Å². The van der Waals surface area contributed by atoms with Crippen LogP contribution in [0.5, 0.6) is 0 Å². The quantitative estimate of drug-likeness (QED) is 0.714. The third kappa shape index (κ3) is 3.57. The topological polar surface area (TPSA) is 80.5 Å². The third-order valence-corrected chi connectivity index (χ3v) is 6.38. The van der Waals surface area contributed by atoms with Crippen LogP contribution in [0.1, 0.15) is 61.4 Å². The van der Waals surface area contributed by atoms with Gasteiger partial charge < -0.3 is 14.7 Å². The molecule has 2 amide bonds. The van der Waals surface area contributed by atoms with Crippen molar-refractivity contribution in [3.63, 3.8) is 0 Å². The Kier molecular flexibility index (Phi) is 5.44. The summed E-state index contributed by atoms with van der Waals surface area (Å²) in [7, 11) is 0. The fraction of sp³-hybridized carbons (Fsp3) is 0.636. The number of piperazine rings is 1. The average molecular weight is 396 g/mol. The van der Waals surface area contributed by atoms with Crippen molar-refractivity contribution in [2.45, 2.75) is 51.9 Å². The van der Waals surface area contributed by atoms with Crippen molar-refractivity contribution in [3.8, 4) is 6.07 Å². The molecule has 154 valence electrons. The summed E-state index contributed by atoms with van der Waals surface area (Å²) >= 11 is 0. The molecule has 0 radical (unpaired) electrons. The molecule has 1 aromatic heterocycles. The van der Waals surface area contributed by atoms with Gasteiger partial charge in [-0.3, -0.25) is 9.59 Å². The van der Waals surface area contributed by atoms with Gasteiger partial charge in [0.15, 0.2) is 0 Å². The van der Waals surface area contributed by atoms with Gasteiger partial charge in [0.05, 0.1) is 5.56 Å². The summed E-state index contributed by atoms with van der Waals surface area (Å²) in [6, 6.07) is 2.40. The summed E-state index contributed by atoms with van der Waals surface area (Å²) in [4.78, 5) is 35.4. The SMILES string of the molecule is CC(C)c1nc(N2CCN(C(=O)C(=O)N3CCCC3)CC2)c(C#N)c2c1CCC2. The first kappa shape index (κ1) is 19.7. The zero-order chi connectivity index (χ0) is 20.5. The van der Waals surface area contributed by atoms with Gasteiger partial charge in [-0.2, -0.15) is 5.26 Å². The molecule has 7 heteroatoms. The van der Waals surface area contributed by atoms with E-state index in [0.29, 0.717) is 50.7 Å². The highest BCUT2D eigenvalue weighted by molar-refractivity contribution is 6.35. The predicted octanol–water partition coefficient (Wildman–Crippen LogP) is 1.84. The van der Waals surface area contributed by atoms with Gasteiger partial charge in [0, 0.05) is 45.0 Å². The molecule has 1 aliphatic carbocycles. The Morgan fingerprint density at radius 3 is 2.07 bits per heavy atom. The fourth-order valence-electron chi connectivity index (χ4n) is 4.81. The number of carbonyl (C=O) groups excluding carboxylic acids is 2. The van der Waals surface area contributed by atoms with Crippen molar-refractivity contribution in [3.05, 3.63) is 22.4 Å². The molecule has 3 heterocycles. The summed E-state index contributed by atoms with van der Waals surface area (Å²) in [5.74, 6) is 0.312. The summed E-state index contributed by atoms with van der Waals surface area (Å²) in [5, 5.41) is 9.85. The van der Waals surface area contributed by atoms with Gasteiger partial charge in [-0.1, -0.05) is 13.8 Å². The minimum Gasteiger partial charge on any atom is -0.352 e. The molecule has 29 heavy (non-hydrogen) atoms. The number of hydrogen-bond acceptors (Lipinski definition) is 5. The standard InChI is InChI=1S/C22H29N5O2/c1-15(2)19-17-7-5-6-16(17)18(14-23)20(24-19)25-10-12-27(13-11-25)22(29)21(28)26-8-3-4-9-26/h15H,3-13H2,1-2H3. The molecule has 0 unspecified atom stereocenters. The lowest BCUT2D eigenvalue weighted by Crippen LogP contribution is -2.53. The van der Waals surface area contributed by atoms with Crippen LogP contribution in [0.4, 0.5) is 5.82 Å². The van der Waals surface area contributed by atoms with E-state index in [1.165, 1.54) is 11.1 Å². The summed E-state index contributed by atoms with van der Waals surface area (Å²) in [6.45, 7) is 7.83. The van der Waals surface area contributed by atoms with Crippen LogP contribution in [0, 0.1) is 11.3 Å². The lowest BCUT2D eigenvalue weighted by atomic mass is 9.97. The first-order valence-corrected chi connectivity index (χ1v) is 10.8. The molecule has 1 aromatic rings. The fourth-order valence-corrected chi connectivity index (χ4v) is 4.81. The van der Waals surface area contributed by atoms with Crippen LogP contribution in [0.25, 0.3) is 0 Å². The maximum atomic E-state index is 12.6. The van der Waals surface area contributed by atoms with E-state index in [1.54, 1.807) is 9.80 Å². The molecular formula is C22H29N5O2. The second kappa shape index (κ2) is 8.02. The van der Waals surface area contributed by atoms with Crippen molar-refractivity contribution in [1.29, 1.82) is 5.26 Å². The molecule has 0 saturated carbocycles. The highest BCUT2D eigenvalue weighted by Crippen LogP contribution is 2.35. The molecular weight excluding hydrogens is 366 g/mol. The molecule has 2 saturated heterocycles. The highest BCUT2D eigenvalue weighted by atomic mass is 16.2. The lowest BCUT2D eigenvalue weighted by molar-refractivity contribution is -0.151. The van der Waals surface area contributed by atoms with Crippen LogP contribution in [-0.2, 0) is 22.4 Å². The zero-order valence-corrected chi connectivity index (χ0v) is 17.4. The number of anilines is 1. The maximum Gasteiger partial charge on any atom is 0.312 e. The van der Waals surface area contributed by atoms with Crippen LogP contribution in [0.3, 0.4) is 0 Å². The number of carbonyl (C=O) groups is 2. The van der Waals surface area contributed by atoms with Crippen molar-refractivity contribution < 1.29 is 9.59 Å². The van der Waals surface area contributed by atoms with Crippen LogP contribution < -0.4 is 4.90 Å². The minimum absolute atomic E-state index is 0.314. The average Bonchev–Trinajstić information content (AvgIpc) is 3.43. The van der Waals surface area contributed by atoms with Gasteiger partial charge in [-0.25, -0.2) is 4.98 Å². The molecule has 0 aromatic carbocycles. The number of amides is 2. The van der Waals surface area contributed by atoms with Crippen molar-refractivity contribution in [2.75, 3.05) is 44.2 Å². The Morgan fingerprint density at radius 2 is 1.48 bits per heavy atom.